The van der Waals surface area contributed by atoms with Gasteiger partial charge in [-0.2, -0.15) is 4.98 Å². The number of carboxylic acids is 1. The van der Waals surface area contributed by atoms with Crippen molar-refractivity contribution in [2.24, 2.45) is 0 Å². The Morgan fingerprint density at radius 3 is 2.81 bits per heavy atom. The summed E-state index contributed by atoms with van der Waals surface area (Å²) in [5.41, 5.74) is -0.0342. The van der Waals surface area contributed by atoms with Crippen molar-refractivity contribution < 1.29 is 14.6 Å². The van der Waals surface area contributed by atoms with Crippen LogP contribution in [0.2, 0.25) is 5.15 Å². The topological polar surface area (TPSA) is 97.2 Å². The van der Waals surface area contributed by atoms with Crippen LogP contribution in [0, 0.1) is 0 Å². The van der Waals surface area contributed by atoms with Crippen LogP contribution in [-0.4, -0.2) is 32.4 Å². The maximum Gasteiger partial charge on any atom is 0.358 e. The van der Waals surface area contributed by atoms with Crippen LogP contribution < -0.4 is 10.1 Å². The van der Waals surface area contributed by atoms with Crippen LogP contribution in [0.25, 0.3) is 0 Å². The molecule has 0 amide bonds. The molecule has 0 saturated heterocycles. The number of ether oxygens (including phenoxy) is 1. The van der Waals surface area contributed by atoms with Gasteiger partial charge in [-0.05, 0) is 19.9 Å². The summed E-state index contributed by atoms with van der Waals surface area (Å²) in [4.78, 5) is 15.3. The van der Waals surface area contributed by atoms with Crippen LogP contribution in [0.5, 0.6) is 5.88 Å². The van der Waals surface area contributed by atoms with Crippen molar-refractivity contribution >= 4 is 29.1 Å². The van der Waals surface area contributed by atoms with Gasteiger partial charge in [0, 0.05) is 12.1 Å². The molecule has 0 aromatic carbocycles. The predicted molar refractivity (Wildman–Crippen MR) is 77.3 cm³/mol. The number of aromatic nitrogens is 3. The highest BCUT2D eigenvalue weighted by atomic mass is 35.5. The Labute approximate surface area is 125 Å². The first kappa shape index (κ1) is 15.0. The van der Waals surface area contributed by atoms with Crippen molar-refractivity contribution in [2.75, 3.05) is 5.32 Å². The van der Waals surface area contributed by atoms with Crippen molar-refractivity contribution in [3.05, 3.63) is 35.1 Å². The van der Waals surface area contributed by atoms with Crippen LogP contribution in [0.15, 0.2) is 24.3 Å². The molecule has 110 valence electrons. The lowest BCUT2D eigenvalue weighted by Crippen LogP contribution is -2.09. The van der Waals surface area contributed by atoms with E-state index in [2.05, 4.69) is 20.5 Å². The highest BCUT2D eigenvalue weighted by molar-refractivity contribution is 6.29. The summed E-state index contributed by atoms with van der Waals surface area (Å²) in [5.74, 6) is -0.365. The fraction of sp³-hybridized carbons (Fsp3) is 0.231. The average molecular weight is 309 g/mol. The Bertz CT molecular complexity index is 664. The molecule has 0 radical (unpaired) electrons. The summed E-state index contributed by atoms with van der Waals surface area (Å²) in [6.45, 7) is 3.77. The first-order valence-electron chi connectivity index (χ1n) is 6.13. The SMILES string of the molecule is CC(C)Oc1cccc(Nc2cc(Cl)nnc2C(=O)O)n1. The number of anilines is 2. The first-order chi connectivity index (χ1) is 9.95. The van der Waals surface area contributed by atoms with E-state index in [0.29, 0.717) is 11.7 Å². The second-order valence-corrected chi connectivity index (χ2v) is 4.77. The van der Waals surface area contributed by atoms with Gasteiger partial charge in [-0.25, -0.2) is 4.79 Å². The minimum Gasteiger partial charge on any atom is -0.476 e. The fourth-order valence-corrected chi connectivity index (χ4v) is 1.70. The molecule has 0 atom stereocenters. The Morgan fingerprint density at radius 1 is 1.38 bits per heavy atom. The summed E-state index contributed by atoms with van der Waals surface area (Å²) in [6, 6.07) is 6.49. The number of aromatic carboxylic acids is 1. The molecule has 2 aromatic heterocycles. The largest absolute Gasteiger partial charge is 0.476 e. The van der Waals surface area contributed by atoms with Gasteiger partial charge in [0.05, 0.1) is 11.8 Å². The summed E-state index contributed by atoms with van der Waals surface area (Å²) < 4.78 is 5.47. The maximum absolute atomic E-state index is 11.1. The Hall–Kier alpha value is -2.41. The second-order valence-electron chi connectivity index (χ2n) is 4.39. The zero-order valence-corrected chi connectivity index (χ0v) is 12.1. The van der Waals surface area contributed by atoms with Crippen molar-refractivity contribution in [3.63, 3.8) is 0 Å². The number of pyridine rings is 1. The third-order valence-electron chi connectivity index (χ3n) is 2.31. The Morgan fingerprint density at radius 2 is 2.14 bits per heavy atom. The molecule has 0 spiro atoms. The third-order valence-corrected chi connectivity index (χ3v) is 2.49. The molecule has 0 aliphatic carbocycles. The van der Waals surface area contributed by atoms with Crippen LogP contribution in [-0.2, 0) is 0 Å². The number of rotatable bonds is 5. The number of hydrogen-bond donors (Lipinski definition) is 2. The van der Waals surface area contributed by atoms with Crippen LogP contribution in [0.3, 0.4) is 0 Å². The summed E-state index contributed by atoms with van der Waals surface area (Å²) in [7, 11) is 0. The van der Waals surface area contributed by atoms with Gasteiger partial charge in [0.1, 0.15) is 5.82 Å². The van der Waals surface area contributed by atoms with Gasteiger partial charge in [0.2, 0.25) is 5.88 Å². The predicted octanol–water partition coefficient (Wildman–Crippen LogP) is 2.75. The number of carbonyl (C=O) groups is 1. The zero-order valence-electron chi connectivity index (χ0n) is 11.4. The van der Waals surface area contributed by atoms with Crippen LogP contribution in [0.1, 0.15) is 24.3 Å². The van der Waals surface area contributed by atoms with E-state index in [4.69, 9.17) is 21.4 Å². The molecule has 0 aliphatic rings. The van der Waals surface area contributed by atoms with Crippen LogP contribution >= 0.6 is 11.6 Å². The number of hydrogen-bond acceptors (Lipinski definition) is 6. The third kappa shape index (κ3) is 4.03. The number of carboxylic acid groups (broad SMARTS) is 1. The molecule has 0 bridgehead atoms. The van der Waals surface area contributed by atoms with Crippen molar-refractivity contribution in [3.8, 4) is 5.88 Å². The quantitative estimate of drug-likeness (QED) is 0.876. The Kier molecular flexibility index (Phi) is 4.54. The molecule has 2 rings (SSSR count). The number of nitrogens with one attached hydrogen (secondary N) is 1. The fourth-order valence-electron chi connectivity index (χ4n) is 1.55. The van der Waals surface area contributed by atoms with E-state index in [0.717, 1.165) is 0 Å². The summed E-state index contributed by atoms with van der Waals surface area (Å²) in [6.07, 6.45) is -0.0145. The minimum atomic E-state index is -1.21. The summed E-state index contributed by atoms with van der Waals surface area (Å²) >= 11 is 5.74. The lowest BCUT2D eigenvalue weighted by atomic mass is 10.3. The normalized spacial score (nSPS) is 10.5. The van der Waals surface area contributed by atoms with E-state index in [1.165, 1.54) is 6.07 Å². The maximum atomic E-state index is 11.1. The molecule has 21 heavy (non-hydrogen) atoms. The molecule has 2 N–H and O–H groups in total. The molecule has 0 aliphatic heterocycles. The van der Waals surface area contributed by atoms with E-state index in [1.54, 1.807) is 18.2 Å². The van der Waals surface area contributed by atoms with Gasteiger partial charge >= 0.3 is 5.97 Å². The highest BCUT2D eigenvalue weighted by Crippen LogP contribution is 2.22. The highest BCUT2D eigenvalue weighted by Gasteiger charge is 2.14. The van der Waals surface area contributed by atoms with Gasteiger partial charge in [0.15, 0.2) is 10.8 Å². The molecule has 0 saturated carbocycles. The molecular formula is C13H13ClN4O3. The average Bonchev–Trinajstić information content (AvgIpc) is 2.38. The Balaban J connectivity index is 2.29. The van der Waals surface area contributed by atoms with Gasteiger partial charge in [-0.15, -0.1) is 10.2 Å². The molecule has 0 fully saturated rings. The van der Waals surface area contributed by atoms with Gasteiger partial charge in [0.25, 0.3) is 0 Å². The number of halogens is 1. The standard InChI is InChI=1S/C13H13ClN4O3/c1-7(2)21-11-5-3-4-10(16-11)15-8-6-9(14)17-18-12(8)13(19)20/h3-7H,1-2H3,(H,19,20)(H,15,16,17). The van der Waals surface area contributed by atoms with Crippen molar-refractivity contribution in [1.29, 1.82) is 0 Å². The molecule has 7 nitrogen and oxygen atoms in total. The van der Waals surface area contributed by atoms with E-state index in [9.17, 15) is 4.79 Å². The number of nitrogens with zero attached hydrogens (tertiary/aromatic N) is 3. The zero-order chi connectivity index (χ0) is 15.4. The van der Waals surface area contributed by atoms with Crippen molar-refractivity contribution in [1.82, 2.24) is 15.2 Å². The monoisotopic (exact) mass is 308 g/mol. The summed E-state index contributed by atoms with van der Waals surface area (Å²) in [5, 5.41) is 19.1. The molecule has 2 heterocycles. The first-order valence-corrected chi connectivity index (χ1v) is 6.50. The molecule has 2 aromatic rings. The minimum absolute atomic E-state index is 0.0145. The van der Waals surface area contributed by atoms with Gasteiger partial charge in [-0.3, -0.25) is 0 Å². The van der Waals surface area contributed by atoms with E-state index in [1.807, 2.05) is 13.8 Å². The molecular weight excluding hydrogens is 296 g/mol. The van der Waals surface area contributed by atoms with Gasteiger partial charge in [-0.1, -0.05) is 17.7 Å². The lowest BCUT2D eigenvalue weighted by molar-refractivity contribution is 0.0690. The molecule has 8 heteroatoms. The van der Waals surface area contributed by atoms with Crippen LogP contribution in [0.4, 0.5) is 11.5 Å². The van der Waals surface area contributed by atoms with E-state index in [-0.39, 0.29) is 22.6 Å². The smallest absolute Gasteiger partial charge is 0.358 e. The second kappa shape index (κ2) is 6.36. The molecule has 0 unspecified atom stereocenters. The van der Waals surface area contributed by atoms with E-state index < -0.39 is 5.97 Å². The lowest BCUT2D eigenvalue weighted by Gasteiger charge is -2.11. The van der Waals surface area contributed by atoms with Crippen molar-refractivity contribution in [2.45, 2.75) is 20.0 Å². The van der Waals surface area contributed by atoms with E-state index >= 15 is 0 Å². The van der Waals surface area contributed by atoms with Gasteiger partial charge < -0.3 is 15.2 Å².